The molecule has 2 aromatic rings. The highest BCUT2D eigenvalue weighted by Gasteiger charge is 2.37. The lowest BCUT2D eigenvalue weighted by Crippen LogP contribution is -2.35. The van der Waals surface area contributed by atoms with Crippen molar-refractivity contribution >= 4 is 45.3 Å². The Morgan fingerprint density at radius 2 is 1.52 bits per heavy atom. The number of rotatable bonds is 21. The Morgan fingerprint density at radius 3 is 2.06 bits per heavy atom. The normalized spacial score (nSPS) is 15.9. The van der Waals surface area contributed by atoms with Gasteiger partial charge in [0.25, 0.3) is 0 Å². The van der Waals surface area contributed by atoms with Crippen LogP contribution in [0.3, 0.4) is 0 Å². The molecule has 2 unspecified atom stereocenters. The molecule has 1 aliphatic rings. The SMILES string of the molecule is [C-]#[N+]c1c(N=Nc2ccc(N(CCOCCOCCOCCOCCOC(=O)C3CCCCC3C(=O)OC)C(C)C)cc2C)sc(C#N)c1C. The number of azo groups is 1. The largest absolute Gasteiger partial charge is 0.469 e. The van der Waals surface area contributed by atoms with Crippen LogP contribution in [0.1, 0.15) is 55.5 Å². The monoisotopic (exact) mass is 711 g/mol. The molecule has 0 saturated heterocycles. The van der Waals surface area contributed by atoms with E-state index in [0.717, 1.165) is 24.1 Å². The number of carbonyl (C=O) groups excluding carboxylic acids is 2. The molecule has 1 saturated carbocycles. The minimum Gasteiger partial charge on any atom is -0.469 e. The van der Waals surface area contributed by atoms with Gasteiger partial charge in [0.1, 0.15) is 17.7 Å². The van der Waals surface area contributed by atoms with Crippen molar-refractivity contribution in [2.75, 3.05) is 78.0 Å². The molecule has 1 aliphatic carbocycles. The summed E-state index contributed by atoms with van der Waals surface area (Å²) in [4.78, 5) is 30.6. The molecule has 0 aliphatic heterocycles. The molecule has 2 atom stereocenters. The summed E-state index contributed by atoms with van der Waals surface area (Å²) in [6.45, 7) is 19.6. The molecule has 272 valence electrons. The van der Waals surface area contributed by atoms with E-state index in [-0.39, 0.29) is 31.2 Å². The quantitative estimate of drug-likeness (QED) is 0.0574. The van der Waals surface area contributed by atoms with Gasteiger partial charge in [0.15, 0.2) is 0 Å². The maximum absolute atomic E-state index is 12.4. The van der Waals surface area contributed by atoms with Crippen LogP contribution in [-0.2, 0) is 38.0 Å². The third-order valence-electron chi connectivity index (χ3n) is 8.33. The molecular weight excluding hydrogens is 662 g/mol. The highest BCUT2D eigenvalue weighted by molar-refractivity contribution is 7.17. The summed E-state index contributed by atoms with van der Waals surface area (Å²) in [6.07, 6.45) is 3.11. The molecule has 0 bridgehead atoms. The van der Waals surface area contributed by atoms with Crippen LogP contribution in [-0.4, -0.2) is 91.1 Å². The van der Waals surface area contributed by atoms with Gasteiger partial charge in [0.2, 0.25) is 5.69 Å². The summed E-state index contributed by atoms with van der Waals surface area (Å²) >= 11 is 1.18. The van der Waals surface area contributed by atoms with E-state index in [1.807, 2.05) is 19.1 Å². The Labute approximate surface area is 299 Å². The third-order valence-corrected chi connectivity index (χ3v) is 9.40. The zero-order valence-corrected chi connectivity index (χ0v) is 30.6. The maximum atomic E-state index is 12.4. The van der Waals surface area contributed by atoms with Gasteiger partial charge >= 0.3 is 11.9 Å². The van der Waals surface area contributed by atoms with Crippen molar-refractivity contribution in [3.05, 3.63) is 45.6 Å². The van der Waals surface area contributed by atoms with Crippen LogP contribution in [0.4, 0.5) is 22.1 Å². The number of aryl methyl sites for hydroxylation is 1. The molecule has 1 aromatic carbocycles. The van der Waals surface area contributed by atoms with Gasteiger partial charge in [0.05, 0.1) is 88.9 Å². The molecule has 1 aromatic heterocycles. The first kappa shape index (κ1) is 40.5. The van der Waals surface area contributed by atoms with E-state index in [1.165, 1.54) is 18.4 Å². The lowest BCUT2D eigenvalue weighted by atomic mass is 9.79. The standard InChI is InChI=1S/C36H49N5O8S/c1-25(2)41(28-11-12-31(26(3)23-28)39-40-34-33(38-5)27(4)32(24-37)50-34)13-14-45-15-16-46-17-18-47-19-20-48-21-22-49-36(43)30-10-8-7-9-29(30)35(42)44-6/h11-12,23,25,29-30H,7-10,13-22H2,1-4,6H3. The predicted molar refractivity (Wildman–Crippen MR) is 190 cm³/mol. The number of esters is 2. The number of anilines is 1. The summed E-state index contributed by atoms with van der Waals surface area (Å²) in [5.74, 6) is -1.57. The molecule has 50 heavy (non-hydrogen) atoms. The van der Waals surface area contributed by atoms with E-state index >= 15 is 0 Å². The van der Waals surface area contributed by atoms with Crippen molar-refractivity contribution in [2.24, 2.45) is 22.1 Å². The van der Waals surface area contributed by atoms with Crippen LogP contribution >= 0.6 is 11.3 Å². The summed E-state index contributed by atoms with van der Waals surface area (Å²) in [5.41, 5.74) is 3.72. The second-order valence-electron chi connectivity index (χ2n) is 12.0. The minimum absolute atomic E-state index is 0.134. The molecule has 1 fully saturated rings. The number of benzene rings is 1. The summed E-state index contributed by atoms with van der Waals surface area (Å²) < 4.78 is 32.6. The number of thiophene rings is 1. The Kier molecular flexibility index (Phi) is 17.8. The molecular formula is C36H49N5O8S. The fourth-order valence-electron chi connectivity index (χ4n) is 5.59. The van der Waals surface area contributed by atoms with Gasteiger partial charge in [-0.05, 0) is 69.9 Å². The molecule has 3 rings (SSSR count). The predicted octanol–water partition coefficient (Wildman–Crippen LogP) is 7.01. The number of hydrogen-bond donors (Lipinski definition) is 0. The Morgan fingerprint density at radius 1 is 0.940 bits per heavy atom. The van der Waals surface area contributed by atoms with Crippen LogP contribution in [0.5, 0.6) is 0 Å². The van der Waals surface area contributed by atoms with Crippen LogP contribution in [0.2, 0.25) is 0 Å². The number of ether oxygens (including phenoxy) is 6. The number of hydrogen-bond acceptors (Lipinski definition) is 13. The second-order valence-corrected chi connectivity index (χ2v) is 13.0. The fraction of sp³-hybridized carbons (Fsp3) is 0.611. The van der Waals surface area contributed by atoms with Crippen LogP contribution in [0.15, 0.2) is 28.4 Å². The van der Waals surface area contributed by atoms with Crippen molar-refractivity contribution in [2.45, 2.75) is 59.4 Å². The average molecular weight is 712 g/mol. The Hall–Kier alpha value is -3.92. The van der Waals surface area contributed by atoms with Gasteiger partial charge in [-0.25, -0.2) is 4.85 Å². The number of nitriles is 1. The highest BCUT2D eigenvalue weighted by Crippen LogP contribution is 2.42. The Balaban J connectivity index is 1.24. The van der Waals surface area contributed by atoms with Gasteiger partial charge in [-0.3, -0.25) is 9.59 Å². The van der Waals surface area contributed by atoms with Crippen molar-refractivity contribution < 1.29 is 38.0 Å². The smallest absolute Gasteiger partial charge is 0.309 e. The van der Waals surface area contributed by atoms with E-state index < -0.39 is 11.8 Å². The first-order valence-corrected chi connectivity index (χ1v) is 17.8. The van der Waals surface area contributed by atoms with E-state index in [9.17, 15) is 14.9 Å². The van der Waals surface area contributed by atoms with E-state index in [1.54, 1.807) is 6.92 Å². The van der Waals surface area contributed by atoms with Crippen molar-refractivity contribution in [1.29, 1.82) is 5.26 Å². The van der Waals surface area contributed by atoms with E-state index in [2.05, 4.69) is 46.0 Å². The molecule has 1 heterocycles. The minimum atomic E-state index is -0.441. The molecule has 14 heteroatoms. The van der Waals surface area contributed by atoms with Gasteiger partial charge < -0.3 is 33.3 Å². The first-order valence-electron chi connectivity index (χ1n) is 17.0. The van der Waals surface area contributed by atoms with Crippen LogP contribution in [0, 0.1) is 43.6 Å². The van der Waals surface area contributed by atoms with E-state index in [0.29, 0.717) is 92.5 Å². The zero-order valence-electron chi connectivity index (χ0n) is 29.8. The third kappa shape index (κ3) is 12.4. The van der Waals surface area contributed by atoms with Crippen molar-refractivity contribution in [1.82, 2.24) is 0 Å². The topological polar surface area (TPSA) is 146 Å². The summed E-state index contributed by atoms with van der Waals surface area (Å²) in [7, 11) is 1.34. The average Bonchev–Trinajstić information content (AvgIpc) is 3.43. The molecule has 13 nitrogen and oxygen atoms in total. The van der Waals surface area contributed by atoms with Gasteiger partial charge in [0, 0.05) is 18.3 Å². The lowest BCUT2D eigenvalue weighted by molar-refractivity contribution is -0.162. The molecule has 0 radical (unpaired) electrons. The first-order chi connectivity index (χ1) is 24.2. The molecule has 0 spiro atoms. The number of carbonyl (C=O) groups is 2. The van der Waals surface area contributed by atoms with Crippen molar-refractivity contribution in [3.8, 4) is 6.07 Å². The van der Waals surface area contributed by atoms with Crippen LogP contribution < -0.4 is 4.90 Å². The van der Waals surface area contributed by atoms with Gasteiger partial charge in [-0.2, -0.15) is 15.5 Å². The molecule has 0 N–H and O–H groups in total. The molecule has 0 amide bonds. The second kappa shape index (κ2) is 22.0. The number of nitrogens with zero attached hydrogens (tertiary/aromatic N) is 5. The maximum Gasteiger partial charge on any atom is 0.309 e. The van der Waals surface area contributed by atoms with Gasteiger partial charge in [-0.15, -0.1) is 11.3 Å². The lowest BCUT2D eigenvalue weighted by Gasteiger charge is -2.29. The van der Waals surface area contributed by atoms with Crippen molar-refractivity contribution in [3.63, 3.8) is 0 Å². The van der Waals surface area contributed by atoms with E-state index in [4.69, 9.17) is 35.0 Å². The highest BCUT2D eigenvalue weighted by atomic mass is 32.1. The Bertz CT molecular complexity index is 1500. The summed E-state index contributed by atoms with van der Waals surface area (Å²) in [5, 5.41) is 18.4. The fourth-order valence-corrected chi connectivity index (χ4v) is 6.46. The summed E-state index contributed by atoms with van der Waals surface area (Å²) in [6, 6.07) is 8.34. The van der Waals surface area contributed by atoms with Crippen LogP contribution in [0.25, 0.3) is 4.85 Å². The number of methoxy groups -OCH3 is 1. The van der Waals surface area contributed by atoms with Gasteiger partial charge in [-0.1, -0.05) is 12.8 Å². The zero-order chi connectivity index (χ0) is 36.3.